The van der Waals surface area contributed by atoms with Crippen LogP contribution >= 0.6 is 0 Å². The zero-order valence-electron chi connectivity index (χ0n) is 12.6. The standard InChI is InChI=1S/C18H16FNO3/c1-2-20-15(11-23-16-5-3-4-14(19)10-16)9-13-8-12(18(21)22)6-7-17(13)20/h3-10H,2,11H2,1H3,(H,21,22). The summed E-state index contributed by atoms with van der Waals surface area (Å²) in [4.78, 5) is 11.1. The molecule has 0 aliphatic carbocycles. The molecule has 3 rings (SSSR count). The predicted molar refractivity (Wildman–Crippen MR) is 85.3 cm³/mol. The first-order valence-corrected chi connectivity index (χ1v) is 7.32. The number of carboxylic acid groups (broad SMARTS) is 1. The number of nitrogens with zero attached hydrogens (tertiary/aromatic N) is 1. The lowest BCUT2D eigenvalue weighted by Gasteiger charge is -2.10. The number of halogens is 1. The van der Waals surface area contributed by atoms with Gasteiger partial charge in [0.15, 0.2) is 0 Å². The van der Waals surface area contributed by atoms with Gasteiger partial charge in [0.25, 0.3) is 0 Å². The Labute approximate surface area is 132 Å². The maximum Gasteiger partial charge on any atom is 0.335 e. The normalized spacial score (nSPS) is 10.9. The molecule has 0 atom stereocenters. The molecule has 0 spiro atoms. The second-order valence-electron chi connectivity index (χ2n) is 5.20. The summed E-state index contributed by atoms with van der Waals surface area (Å²) in [6.07, 6.45) is 0. The number of fused-ring (bicyclic) bond motifs is 1. The average molecular weight is 313 g/mol. The number of carbonyl (C=O) groups is 1. The van der Waals surface area contributed by atoms with Crippen LogP contribution in [0.15, 0.2) is 48.5 Å². The Kier molecular flexibility index (Phi) is 4.02. The molecule has 0 aliphatic heterocycles. The fourth-order valence-electron chi connectivity index (χ4n) is 2.67. The minimum atomic E-state index is -0.950. The molecule has 0 radical (unpaired) electrons. The van der Waals surface area contributed by atoms with Crippen LogP contribution in [0.5, 0.6) is 5.75 Å². The first-order valence-electron chi connectivity index (χ1n) is 7.32. The average Bonchev–Trinajstić information content (AvgIpc) is 2.89. The first-order chi connectivity index (χ1) is 11.1. The van der Waals surface area contributed by atoms with Gasteiger partial charge in [-0.1, -0.05) is 6.07 Å². The molecule has 1 aromatic heterocycles. The van der Waals surface area contributed by atoms with E-state index in [1.807, 2.05) is 13.0 Å². The van der Waals surface area contributed by atoms with Crippen LogP contribution in [0.1, 0.15) is 23.0 Å². The quantitative estimate of drug-likeness (QED) is 0.772. The Bertz CT molecular complexity index is 870. The Morgan fingerprint density at radius 2 is 2.04 bits per heavy atom. The number of carboxylic acids is 1. The highest BCUT2D eigenvalue weighted by Crippen LogP contribution is 2.23. The van der Waals surface area contributed by atoms with Crippen LogP contribution in [0.4, 0.5) is 4.39 Å². The van der Waals surface area contributed by atoms with Crippen molar-refractivity contribution in [3.8, 4) is 5.75 Å². The highest BCUT2D eigenvalue weighted by molar-refractivity contribution is 5.94. The van der Waals surface area contributed by atoms with Crippen LogP contribution in [0.3, 0.4) is 0 Å². The molecule has 0 saturated heterocycles. The molecule has 3 aromatic rings. The van der Waals surface area contributed by atoms with Gasteiger partial charge in [-0.05, 0) is 43.3 Å². The number of hydrogen-bond acceptors (Lipinski definition) is 2. The summed E-state index contributed by atoms with van der Waals surface area (Å²) in [5, 5.41) is 9.94. The predicted octanol–water partition coefficient (Wildman–Crippen LogP) is 4.08. The topological polar surface area (TPSA) is 51.5 Å². The monoisotopic (exact) mass is 313 g/mol. The summed E-state index contributed by atoms with van der Waals surface area (Å²) in [6.45, 7) is 3.03. The first kappa shape index (κ1) is 15.1. The summed E-state index contributed by atoms with van der Waals surface area (Å²) in [7, 11) is 0. The third-order valence-electron chi connectivity index (χ3n) is 3.73. The molecule has 0 bridgehead atoms. The zero-order valence-corrected chi connectivity index (χ0v) is 12.6. The van der Waals surface area contributed by atoms with E-state index < -0.39 is 5.97 Å². The van der Waals surface area contributed by atoms with E-state index in [2.05, 4.69) is 4.57 Å². The molecule has 0 unspecified atom stereocenters. The lowest BCUT2D eigenvalue weighted by molar-refractivity contribution is 0.0697. The van der Waals surface area contributed by atoms with Gasteiger partial charge >= 0.3 is 5.97 Å². The molecule has 1 heterocycles. The summed E-state index contributed by atoms with van der Waals surface area (Å²) in [5.74, 6) is -0.831. The van der Waals surface area contributed by atoms with Gasteiger partial charge in [0, 0.05) is 23.5 Å². The van der Waals surface area contributed by atoms with Crippen LogP contribution in [0, 0.1) is 5.82 Å². The van der Waals surface area contributed by atoms with Gasteiger partial charge in [0.2, 0.25) is 0 Å². The number of rotatable bonds is 5. The molecule has 4 nitrogen and oxygen atoms in total. The Morgan fingerprint density at radius 3 is 2.74 bits per heavy atom. The summed E-state index contributed by atoms with van der Waals surface area (Å²) < 4.78 is 20.9. The van der Waals surface area contributed by atoms with Gasteiger partial charge in [0.1, 0.15) is 18.2 Å². The molecular formula is C18H16FNO3. The van der Waals surface area contributed by atoms with Gasteiger partial charge in [0.05, 0.1) is 11.3 Å². The van der Waals surface area contributed by atoms with E-state index in [1.165, 1.54) is 12.1 Å². The summed E-state index contributed by atoms with van der Waals surface area (Å²) in [6, 6.07) is 12.9. The Hall–Kier alpha value is -2.82. The maximum atomic E-state index is 13.2. The maximum absolute atomic E-state index is 13.2. The van der Waals surface area contributed by atoms with E-state index >= 15 is 0 Å². The van der Waals surface area contributed by atoms with Gasteiger partial charge in [-0.3, -0.25) is 0 Å². The van der Waals surface area contributed by atoms with Crippen LogP contribution in [0.2, 0.25) is 0 Å². The minimum absolute atomic E-state index is 0.253. The van der Waals surface area contributed by atoms with Crippen LogP contribution in [-0.2, 0) is 13.2 Å². The third-order valence-corrected chi connectivity index (χ3v) is 3.73. The SMILES string of the molecule is CCn1c(COc2cccc(F)c2)cc2cc(C(=O)O)ccc21. The molecule has 0 fully saturated rings. The van der Waals surface area contributed by atoms with E-state index in [-0.39, 0.29) is 18.0 Å². The zero-order chi connectivity index (χ0) is 16.4. The summed E-state index contributed by atoms with van der Waals surface area (Å²) >= 11 is 0. The van der Waals surface area contributed by atoms with Crippen molar-refractivity contribution in [3.63, 3.8) is 0 Å². The lowest BCUT2D eigenvalue weighted by Crippen LogP contribution is -2.04. The van der Waals surface area contributed by atoms with Crippen molar-refractivity contribution in [2.24, 2.45) is 0 Å². The van der Waals surface area contributed by atoms with Crippen molar-refractivity contribution in [3.05, 3.63) is 65.6 Å². The van der Waals surface area contributed by atoms with E-state index in [4.69, 9.17) is 9.84 Å². The van der Waals surface area contributed by atoms with Gasteiger partial charge in [-0.15, -0.1) is 0 Å². The molecule has 23 heavy (non-hydrogen) atoms. The van der Waals surface area contributed by atoms with Crippen molar-refractivity contribution in [2.45, 2.75) is 20.1 Å². The van der Waals surface area contributed by atoms with Crippen molar-refractivity contribution in [1.29, 1.82) is 0 Å². The second kappa shape index (κ2) is 6.12. The molecule has 5 heteroatoms. The highest BCUT2D eigenvalue weighted by Gasteiger charge is 2.11. The molecule has 0 aliphatic rings. The van der Waals surface area contributed by atoms with Crippen molar-refractivity contribution in [2.75, 3.05) is 0 Å². The molecular weight excluding hydrogens is 297 g/mol. The number of benzene rings is 2. The molecule has 0 amide bonds. The van der Waals surface area contributed by atoms with Gasteiger partial charge in [-0.2, -0.15) is 0 Å². The van der Waals surface area contributed by atoms with Gasteiger partial charge < -0.3 is 14.4 Å². The van der Waals surface area contributed by atoms with Crippen molar-refractivity contribution < 1.29 is 19.0 Å². The van der Waals surface area contributed by atoms with E-state index in [9.17, 15) is 9.18 Å². The smallest absolute Gasteiger partial charge is 0.335 e. The largest absolute Gasteiger partial charge is 0.487 e. The van der Waals surface area contributed by atoms with Crippen LogP contribution in [0.25, 0.3) is 10.9 Å². The fourth-order valence-corrected chi connectivity index (χ4v) is 2.67. The number of aromatic carboxylic acids is 1. The van der Waals surface area contributed by atoms with Crippen LogP contribution in [-0.4, -0.2) is 15.6 Å². The van der Waals surface area contributed by atoms with Gasteiger partial charge in [-0.25, -0.2) is 9.18 Å². The molecule has 2 aromatic carbocycles. The third kappa shape index (κ3) is 3.04. The number of hydrogen-bond donors (Lipinski definition) is 1. The fraction of sp³-hybridized carbons (Fsp3) is 0.167. The van der Waals surface area contributed by atoms with E-state index in [1.54, 1.807) is 30.3 Å². The summed E-state index contributed by atoms with van der Waals surface area (Å²) in [5.41, 5.74) is 2.12. The number of ether oxygens (including phenoxy) is 1. The molecule has 1 N–H and O–H groups in total. The number of aryl methyl sites for hydroxylation is 1. The Morgan fingerprint density at radius 1 is 1.22 bits per heavy atom. The number of aromatic nitrogens is 1. The Balaban J connectivity index is 1.92. The second-order valence-corrected chi connectivity index (χ2v) is 5.20. The van der Waals surface area contributed by atoms with E-state index in [0.29, 0.717) is 5.75 Å². The molecule has 118 valence electrons. The minimum Gasteiger partial charge on any atom is -0.487 e. The van der Waals surface area contributed by atoms with Crippen LogP contribution < -0.4 is 4.74 Å². The van der Waals surface area contributed by atoms with E-state index in [0.717, 1.165) is 23.1 Å². The van der Waals surface area contributed by atoms with Crippen molar-refractivity contribution >= 4 is 16.9 Å². The highest BCUT2D eigenvalue weighted by atomic mass is 19.1. The van der Waals surface area contributed by atoms with Crippen molar-refractivity contribution in [1.82, 2.24) is 4.57 Å². The molecule has 0 saturated carbocycles. The lowest BCUT2D eigenvalue weighted by atomic mass is 10.1.